The Morgan fingerprint density at radius 3 is 1.15 bits per heavy atom. The Hall–Kier alpha value is -7.88. The summed E-state index contributed by atoms with van der Waals surface area (Å²) in [7, 11) is 0. The Labute approximate surface area is 345 Å². The van der Waals surface area contributed by atoms with E-state index in [0.29, 0.717) is 5.82 Å². The highest BCUT2D eigenvalue weighted by atomic mass is 15.1. The molecule has 1 heterocycles. The standard InChI is InChI=1S/C56H39N3/c1-4-13-40(14-5-1)43-27-33-49(34-28-43)59(50-35-29-44(30-36-50)41-15-6-2-7-16-41)51-37-31-45(32-38-51)42-23-25-47(26-24-42)54-39-55(58-56(57-54)48-18-8-3-9-19-48)53-22-12-20-46-17-10-11-21-52(46)53/h1-39H. The molecule has 0 radical (unpaired) electrons. The summed E-state index contributed by atoms with van der Waals surface area (Å²) in [5, 5.41) is 2.36. The molecule has 0 bridgehead atoms. The average Bonchev–Trinajstić information content (AvgIpc) is 3.33. The van der Waals surface area contributed by atoms with Gasteiger partial charge in [0.25, 0.3) is 0 Å². The van der Waals surface area contributed by atoms with Gasteiger partial charge in [0.1, 0.15) is 0 Å². The van der Waals surface area contributed by atoms with Gasteiger partial charge in [-0.3, -0.25) is 0 Å². The van der Waals surface area contributed by atoms with Crippen LogP contribution in [0, 0.1) is 0 Å². The zero-order valence-electron chi connectivity index (χ0n) is 32.4. The number of anilines is 3. The fraction of sp³-hybridized carbons (Fsp3) is 0. The molecule has 0 spiro atoms. The van der Waals surface area contributed by atoms with Crippen LogP contribution in [0.15, 0.2) is 237 Å². The molecule has 0 saturated carbocycles. The highest BCUT2D eigenvalue weighted by Gasteiger charge is 2.16. The predicted molar refractivity (Wildman–Crippen MR) is 247 cm³/mol. The number of benzene rings is 9. The zero-order valence-corrected chi connectivity index (χ0v) is 32.4. The number of nitrogens with zero attached hydrogens (tertiary/aromatic N) is 3. The minimum atomic E-state index is 0.708. The molecular weight excluding hydrogens is 715 g/mol. The number of rotatable bonds is 9. The van der Waals surface area contributed by atoms with E-state index in [1.165, 1.54) is 33.0 Å². The first kappa shape index (κ1) is 35.5. The summed E-state index contributed by atoms with van der Waals surface area (Å²) in [5.74, 6) is 0.708. The molecular formula is C56H39N3. The summed E-state index contributed by atoms with van der Waals surface area (Å²) >= 11 is 0. The summed E-state index contributed by atoms with van der Waals surface area (Å²) < 4.78 is 0. The number of hydrogen-bond donors (Lipinski definition) is 0. The molecule has 9 aromatic carbocycles. The molecule has 0 saturated heterocycles. The first-order valence-electron chi connectivity index (χ1n) is 20.0. The highest BCUT2D eigenvalue weighted by molar-refractivity contribution is 5.96. The maximum absolute atomic E-state index is 5.10. The van der Waals surface area contributed by atoms with Gasteiger partial charge in [0.15, 0.2) is 5.82 Å². The van der Waals surface area contributed by atoms with Crippen molar-refractivity contribution in [2.24, 2.45) is 0 Å². The van der Waals surface area contributed by atoms with Crippen LogP contribution in [-0.4, -0.2) is 9.97 Å². The minimum absolute atomic E-state index is 0.708. The third-order valence-corrected chi connectivity index (χ3v) is 10.9. The number of aromatic nitrogens is 2. The van der Waals surface area contributed by atoms with Gasteiger partial charge >= 0.3 is 0 Å². The van der Waals surface area contributed by atoms with Crippen molar-refractivity contribution in [3.63, 3.8) is 0 Å². The van der Waals surface area contributed by atoms with Crippen LogP contribution in [0.25, 0.3) is 78.1 Å². The summed E-state index contributed by atoms with van der Waals surface area (Å²) in [6, 6.07) is 83.5. The van der Waals surface area contributed by atoms with E-state index in [-0.39, 0.29) is 0 Å². The lowest BCUT2D eigenvalue weighted by Gasteiger charge is -2.26. The third kappa shape index (κ3) is 7.41. The average molecular weight is 754 g/mol. The molecule has 0 unspecified atom stereocenters. The Morgan fingerprint density at radius 1 is 0.271 bits per heavy atom. The van der Waals surface area contributed by atoms with E-state index in [2.05, 4.69) is 223 Å². The molecule has 3 heteroatoms. The third-order valence-electron chi connectivity index (χ3n) is 10.9. The lowest BCUT2D eigenvalue weighted by atomic mass is 9.99. The van der Waals surface area contributed by atoms with Crippen LogP contribution in [0.5, 0.6) is 0 Å². The van der Waals surface area contributed by atoms with Gasteiger partial charge in [0, 0.05) is 33.8 Å². The van der Waals surface area contributed by atoms with E-state index < -0.39 is 0 Å². The van der Waals surface area contributed by atoms with E-state index in [1.54, 1.807) is 0 Å². The van der Waals surface area contributed by atoms with Crippen LogP contribution in [0.1, 0.15) is 0 Å². The SMILES string of the molecule is c1ccc(-c2ccc(N(c3ccc(-c4ccccc4)cc3)c3ccc(-c4ccc(-c5cc(-c6cccc7ccccc67)nc(-c6ccccc6)n5)cc4)cc3)cc2)cc1. The quantitative estimate of drug-likeness (QED) is 0.147. The molecule has 0 atom stereocenters. The second-order valence-corrected chi connectivity index (χ2v) is 14.6. The second-order valence-electron chi connectivity index (χ2n) is 14.6. The Kier molecular flexibility index (Phi) is 9.59. The molecule has 0 amide bonds. The van der Waals surface area contributed by atoms with E-state index in [1.807, 2.05) is 18.2 Å². The van der Waals surface area contributed by atoms with Crippen LogP contribution in [0.2, 0.25) is 0 Å². The summed E-state index contributed by atoms with van der Waals surface area (Å²) in [6.45, 7) is 0. The van der Waals surface area contributed by atoms with Gasteiger partial charge < -0.3 is 4.90 Å². The van der Waals surface area contributed by atoms with Crippen molar-refractivity contribution in [1.82, 2.24) is 9.97 Å². The smallest absolute Gasteiger partial charge is 0.160 e. The van der Waals surface area contributed by atoms with Crippen molar-refractivity contribution in [3.05, 3.63) is 237 Å². The van der Waals surface area contributed by atoms with Gasteiger partial charge in [-0.1, -0.05) is 194 Å². The largest absolute Gasteiger partial charge is 0.311 e. The molecule has 1 aromatic heterocycles. The molecule has 0 aliphatic heterocycles. The molecule has 0 aliphatic rings. The van der Waals surface area contributed by atoms with Crippen molar-refractivity contribution >= 4 is 27.8 Å². The zero-order chi connectivity index (χ0) is 39.4. The van der Waals surface area contributed by atoms with E-state index in [4.69, 9.17) is 9.97 Å². The van der Waals surface area contributed by atoms with E-state index in [0.717, 1.165) is 56.3 Å². The molecule has 10 rings (SSSR count). The summed E-state index contributed by atoms with van der Waals surface area (Å²) in [6.07, 6.45) is 0. The lowest BCUT2D eigenvalue weighted by molar-refractivity contribution is 1.18. The Morgan fingerprint density at radius 2 is 0.644 bits per heavy atom. The molecule has 0 aliphatic carbocycles. The molecule has 10 aromatic rings. The normalized spacial score (nSPS) is 11.1. The second kappa shape index (κ2) is 15.9. The van der Waals surface area contributed by atoms with Gasteiger partial charge in [0.05, 0.1) is 11.4 Å². The molecule has 278 valence electrons. The van der Waals surface area contributed by atoms with Crippen molar-refractivity contribution < 1.29 is 0 Å². The number of fused-ring (bicyclic) bond motifs is 1. The highest BCUT2D eigenvalue weighted by Crippen LogP contribution is 2.38. The van der Waals surface area contributed by atoms with Crippen molar-refractivity contribution in [2.75, 3.05) is 4.90 Å². The molecule has 0 fully saturated rings. The van der Waals surface area contributed by atoms with E-state index >= 15 is 0 Å². The van der Waals surface area contributed by atoms with Crippen LogP contribution in [0.4, 0.5) is 17.1 Å². The van der Waals surface area contributed by atoms with Crippen LogP contribution >= 0.6 is 0 Å². The van der Waals surface area contributed by atoms with Gasteiger partial charge in [-0.05, 0) is 86.6 Å². The molecule has 0 N–H and O–H groups in total. The summed E-state index contributed by atoms with van der Waals surface area (Å²) in [5.41, 5.74) is 15.2. The minimum Gasteiger partial charge on any atom is -0.311 e. The Balaban J connectivity index is 0.977. The van der Waals surface area contributed by atoms with Gasteiger partial charge in [-0.25, -0.2) is 9.97 Å². The Bertz CT molecular complexity index is 2890. The maximum atomic E-state index is 5.10. The van der Waals surface area contributed by atoms with E-state index in [9.17, 15) is 0 Å². The molecule has 59 heavy (non-hydrogen) atoms. The fourth-order valence-electron chi connectivity index (χ4n) is 7.85. The van der Waals surface area contributed by atoms with Crippen LogP contribution in [0.3, 0.4) is 0 Å². The van der Waals surface area contributed by atoms with Crippen molar-refractivity contribution in [3.8, 4) is 67.3 Å². The predicted octanol–water partition coefficient (Wildman–Crippen LogP) is 15.1. The van der Waals surface area contributed by atoms with Crippen LogP contribution in [-0.2, 0) is 0 Å². The first-order chi connectivity index (χ1) is 29.2. The van der Waals surface area contributed by atoms with Gasteiger partial charge in [-0.15, -0.1) is 0 Å². The summed E-state index contributed by atoms with van der Waals surface area (Å²) in [4.78, 5) is 12.5. The number of hydrogen-bond acceptors (Lipinski definition) is 3. The fourth-order valence-corrected chi connectivity index (χ4v) is 7.85. The van der Waals surface area contributed by atoms with Crippen molar-refractivity contribution in [2.45, 2.75) is 0 Å². The van der Waals surface area contributed by atoms with Gasteiger partial charge in [0.2, 0.25) is 0 Å². The lowest BCUT2D eigenvalue weighted by Crippen LogP contribution is -2.09. The molecule has 3 nitrogen and oxygen atoms in total. The monoisotopic (exact) mass is 753 g/mol. The maximum Gasteiger partial charge on any atom is 0.160 e. The van der Waals surface area contributed by atoms with Gasteiger partial charge in [-0.2, -0.15) is 0 Å². The first-order valence-corrected chi connectivity index (χ1v) is 20.0. The topological polar surface area (TPSA) is 29.0 Å². The van der Waals surface area contributed by atoms with Crippen molar-refractivity contribution in [1.29, 1.82) is 0 Å². The van der Waals surface area contributed by atoms with Crippen LogP contribution < -0.4 is 4.90 Å².